The molecule has 0 spiro atoms. The summed E-state index contributed by atoms with van der Waals surface area (Å²) in [4.78, 5) is 7.05. The van der Waals surface area contributed by atoms with Gasteiger partial charge in [0, 0.05) is 57.6 Å². The van der Waals surface area contributed by atoms with Gasteiger partial charge in [-0.2, -0.15) is 5.10 Å². The van der Waals surface area contributed by atoms with Crippen molar-refractivity contribution in [3.05, 3.63) is 17.0 Å². The standard InChI is InChI=1S/C19H34N6/c1-14-18(15(2)24(4)23-14)11-21-19(20-3)22-17-9-10-25(13-17)12-16-7-5-6-8-16/h16-17H,5-13H2,1-4H3,(H2,20,21,22). The summed E-state index contributed by atoms with van der Waals surface area (Å²) in [5, 5.41) is 11.6. The van der Waals surface area contributed by atoms with E-state index in [4.69, 9.17) is 0 Å². The molecular weight excluding hydrogens is 312 g/mol. The molecule has 2 fully saturated rings. The van der Waals surface area contributed by atoms with Gasteiger partial charge in [-0.3, -0.25) is 9.67 Å². The van der Waals surface area contributed by atoms with Crippen LogP contribution in [0.5, 0.6) is 0 Å². The number of rotatable bonds is 5. The van der Waals surface area contributed by atoms with E-state index in [0.717, 1.165) is 30.7 Å². The van der Waals surface area contributed by atoms with Gasteiger partial charge in [0.05, 0.1) is 5.69 Å². The van der Waals surface area contributed by atoms with E-state index in [1.165, 1.54) is 56.5 Å². The van der Waals surface area contributed by atoms with Crippen LogP contribution in [-0.2, 0) is 13.6 Å². The molecule has 2 aliphatic rings. The van der Waals surface area contributed by atoms with Crippen molar-refractivity contribution in [1.82, 2.24) is 25.3 Å². The fourth-order valence-corrected chi connectivity index (χ4v) is 4.31. The summed E-state index contributed by atoms with van der Waals surface area (Å²) in [6.07, 6.45) is 6.94. The number of nitrogens with zero attached hydrogens (tertiary/aromatic N) is 4. The average molecular weight is 347 g/mol. The van der Waals surface area contributed by atoms with Crippen LogP contribution < -0.4 is 10.6 Å². The first-order chi connectivity index (χ1) is 12.1. The third-order valence-electron chi connectivity index (χ3n) is 5.92. The Morgan fingerprint density at radius 3 is 2.64 bits per heavy atom. The molecule has 1 aromatic heterocycles. The molecule has 1 aliphatic carbocycles. The van der Waals surface area contributed by atoms with Crippen LogP contribution in [-0.4, -0.2) is 53.4 Å². The van der Waals surface area contributed by atoms with Crippen LogP contribution in [0.3, 0.4) is 0 Å². The molecule has 1 saturated heterocycles. The van der Waals surface area contributed by atoms with Gasteiger partial charge in [0.2, 0.25) is 0 Å². The zero-order chi connectivity index (χ0) is 17.8. The van der Waals surface area contributed by atoms with Crippen LogP contribution in [0.1, 0.15) is 49.1 Å². The molecule has 0 amide bonds. The van der Waals surface area contributed by atoms with Crippen molar-refractivity contribution in [1.29, 1.82) is 0 Å². The molecule has 6 nitrogen and oxygen atoms in total. The maximum absolute atomic E-state index is 4.49. The fourth-order valence-electron chi connectivity index (χ4n) is 4.31. The minimum atomic E-state index is 0.503. The summed E-state index contributed by atoms with van der Waals surface area (Å²) in [7, 11) is 3.85. The van der Waals surface area contributed by atoms with Crippen molar-refractivity contribution in [3.8, 4) is 0 Å². The average Bonchev–Trinajstić information content (AvgIpc) is 3.30. The Kier molecular flexibility index (Phi) is 5.99. The zero-order valence-corrected chi connectivity index (χ0v) is 16.3. The van der Waals surface area contributed by atoms with Crippen LogP contribution in [0, 0.1) is 19.8 Å². The number of nitrogens with one attached hydrogen (secondary N) is 2. The van der Waals surface area contributed by atoms with Gasteiger partial charge in [0.15, 0.2) is 5.96 Å². The maximum atomic E-state index is 4.49. The second-order valence-electron chi connectivity index (χ2n) is 7.74. The summed E-state index contributed by atoms with van der Waals surface area (Å²) in [6.45, 7) is 8.60. The van der Waals surface area contributed by atoms with E-state index in [1.807, 2.05) is 18.8 Å². The monoisotopic (exact) mass is 346 g/mol. The summed E-state index contributed by atoms with van der Waals surface area (Å²) in [5.74, 6) is 1.84. The van der Waals surface area contributed by atoms with Crippen molar-refractivity contribution in [2.45, 2.75) is 58.5 Å². The smallest absolute Gasteiger partial charge is 0.191 e. The van der Waals surface area contributed by atoms with Crippen LogP contribution in [0.2, 0.25) is 0 Å². The largest absolute Gasteiger partial charge is 0.352 e. The van der Waals surface area contributed by atoms with Gasteiger partial charge in [0.25, 0.3) is 0 Å². The number of aromatic nitrogens is 2. The van der Waals surface area contributed by atoms with Gasteiger partial charge in [-0.05, 0) is 39.0 Å². The fraction of sp³-hybridized carbons (Fsp3) is 0.789. The normalized spacial score (nSPS) is 22.7. The van der Waals surface area contributed by atoms with E-state index in [1.54, 1.807) is 0 Å². The number of guanidine groups is 1. The number of likely N-dealkylation sites (tertiary alicyclic amines) is 1. The number of aryl methyl sites for hydroxylation is 2. The molecule has 1 aliphatic heterocycles. The highest BCUT2D eigenvalue weighted by Gasteiger charge is 2.26. The Morgan fingerprint density at radius 2 is 2.00 bits per heavy atom. The summed E-state index contributed by atoms with van der Waals surface area (Å²) >= 11 is 0. The number of aliphatic imine (C=N–C) groups is 1. The van der Waals surface area contributed by atoms with Crippen molar-refractivity contribution < 1.29 is 0 Å². The molecule has 1 saturated carbocycles. The predicted octanol–water partition coefficient (Wildman–Crippen LogP) is 1.97. The van der Waals surface area contributed by atoms with Crippen LogP contribution >= 0.6 is 0 Å². The number of hydrogen-bond acceptors (Lipinski definition) is 3. The first kappa shape index (κ1) is 18.2. The highest BCUT2D eigenvalue weighted by Crippen LogP contribution is 2.26. The molecule has 0 radical (unpaired) electrons. The van der Waals surface area contributed by atoms with Gasteiger partial charge in [-0.1, -0.05) is 12.8 Å². The molecule has 1 aromatic rings. The lowest BCUT2D eigenvalue weighted by Crippen LogP contribution is -2.44. The molecular formula is C19H34N6. The Hall–Kier alpha value is -1.56. The Labute approximate surface area is 152 Å². The Morgan fingerprint density at radius 1 is 1.24 bits per heavy atom. The molecule has 3 rings (SSSR count). The van der Waals surface area contributed by atoms with Crippen molar-refractivity contribution in [3.63, 3.8) is 0 Å². The van der Waals surface area contributed by atoms with E-state index >= 15 is 0 Å². The zero-order valence-electron chi connectivity index (χ0n) is 16.3. The second-order valence-corrected chi connectivity index (χ2v) is 7.74. The maximum Gasteiger partial charge on any atom is 0.191 e. The first-order valence-corrected chi connectivity index (χ1v) is 9.75. The second kappa shape index (κ2) is 8.21. The molecule has 1 atom stereocenters. The van der Waals surface area contributed by atoms with Crippen molar-refractivity contribution in [2.75, 3.05) is 26.7 Å². The molecule has 1 unspecified atom stereocenters. The van der Waals surface area contributed by atoms with Gasteiger partial charge in [-0.15, -0.1) is 0 Å². The van der Waals surface area contributed by atoms with Crippen molar-refractivity contribution in [2.24, 2.45) is 18.0 Å². The van der Waals surface area contributed by atoms with Gasteiger partial charge in [-0.25, -0.2) is 0 Å². The topological polar surface area (TPSA) is 57.5 Å². The predicted molar refractivity (Wildman–Crippen MR) is 103 cm³/mol. The molecule has 2 N–H and O–H groups in total. The lowest BCUT2D eigenvalue weighted by molar-refractivity contribution is 0.275. The molecule has 0 aromatic carbocycles. The minimum Gasteiger partial charge on any atom is -0.352 e. The third kappa shape index (κ3) is 4.54. The van der Waals surface area contributed by atoms with E-state index in [2.05, 4.69) is 39.5 Å². The minimum absolute atomic E-state index is 0.503. The molecule has 6 heteroatoms. The van der Waals surface area contributed by atoms with Crippen molar-refractivity contribution >= 4 is 5.96 Å². The summed E-state index contributed by atoms with van der Waals surface area (Å²) < 4.78 is 1.94. The summed E-state index contributed by atoms with van der Waals surface area (Å²) in [6, 6.07) is 0.503. The van der Waals surface area contributed by atoms with E-state index in [0.29, 0.717) is 6.04 Å². The van der Waals surface area contributed by atoms with E-state index in [-0.39, 0.29) is 0 Å². The molecule has 2 heterocycles. The van der Waals surface area contributed by atoms with E-state index < -0.39 is 0 Å². The van der Waals surface area contributed by atoms with Crippen LogP contribution in [0.25, 0.3) is 0 Å². The molecule has 140 valence electrons. The van der Waals surface area contributed by atoms with E-state index in [9.17, 15) is 0 Å². The summed E-state index contributed by atoms with van der Waals surface area (Å²) in [5.41, 5.74) is 3.57. The number of hydrogen-bond donors (Lipinski definition) is 2. The molecule has 0 bridgehead atoms. The Balaban J connectivity index is 1.46. The third-order valence-corrected chi connectivity index (χ3v) is 5.92. The first-order valence-electron chi connectivity index (χ1n) is 9.75. The lowest BCUT2D eigenvalue weighted by atomic mass is 10.1. The molecule has 25 heavy (non-hydrogen) atoms. The lowest BCUT2D eigenvalue weighted by Gasteiger charge is -2.21. The quantitative estimate of drug-likeness (QED) is 0.632. The van der Waals surface area contributed by atoms with Gasteiger partial charge in [0.1, 0.15) is 0 Å². The SMILES string of the molecule is CN=C(NCc1c(C)nn(C)c1C)NC1CCN(CC2CCCC2)C1. The Bertz CT molecular complexity index is 599. The van der Waals surface area contributed by atoms with Crippen LogP contribution in [0.4, 0.5) is 0 Å². The van der Waals surface area contributed by atoms with Gasteiger partial charge < -0.3 is 15.5 Å². The highest BCUT2D eigenvalue weighted by molar-refractivity contribution is 5.80. The highest BCUT2D eigenvalue weighted by atomic mass is 15.3. The van der Waals surface area contributed by atoms with Crippen LogP contribution in [0.15, 0.2) is 4.99 Å². The van der Waals surface area contributed by atoms with Gasteiger partial charge >= 0.3 is 0 Å².